The Hall–Kier alpha value is -1.22. The van der Waals surface area contributed by atoms with Crippen LogP contribution in [-0.2, 0) is 0 Å². The van der Waals surface area contributed by atoms with Crippen LogP contribution in [0.3, 0.4) is 0 Å². The van der Waals surface area contributed by atoms with Crippen molar-refractivity contribution < 1.29 is 5.11 Å². The molecule has 2 heterocycles. The van der Waals surface area contributed by atoms with Crippen molar-refractivity contribution in [3.63, 3.8) is 0 Å². The fourth-order valence-electron chi connectivity index (χ4n) is 3.22. The van der Waals surface area contributed by atoms with Crippen molar-refractivity contribution in [1.29, 1.82) is 0 Å². The van der Waals surface area contributed by atoms with E-state index in [9.17, 15) is 5.11 Å². The van der Waals surface area contributed by atoms with Crippen LogP contribution in [-0.4, -0.2) is 23.3 Å². The van der Waals surface area contributed by atoms with Gasteiger partial charge in [-0.05, 0) is 49.9 Å². The van der Waals surface area contributed by atoms with E-state index in [1.807, 2.05) is 12.1 Å². The summed E-state index contributed by atoms with van der Waals surface area (Å²) >= 11 is 0. The van der Waals surface area contributed by atoms with Crippen LogP contribution in [0.5, 0.6) is 0 Å². The second-order valence-electron chi connectivity index (χ2n) is 5.01. The molecule has 0 radical (unpaired) electrons. The third kappa shape index (κ3) is 1.55. The van der Waals surface area contributed by atoms with Crippen molar-refractivity contribution in [2.24, 2.45) is 0 Å². The Morgan fingerprint density at radius 2 is 1.62 bits per heavy atom. The zero-order valence-corrected chi connectivity index (χ0v) is 9.34. The first-order chi connectivity index (χ1) is 7.74. The predicted molar refractivity (Wildman–Crippen MR) is 65.4 cm³/mol. The van der Waals surface area contributed by atoms with Gasteiger partial charge in [0.05, 0.1) is 6.10 Å². The van der Waals surface area contributed by atoms with E-state index < -0.39 is 0 Å². The summed E-state index contributed by atoms with van der Waals surface area (Å²) in [5.74, 6) is 0. The monoisotopic (exact) mass is 218 g/mol. The van der Waals surface area contributed by atoms with Crippen LogP contribution in [0.25, 0.3) is 0 Å². The minimum absolute atomic E-state index is 0.0949. The van der Waals surface area contributed by atoms with Gasteiger partial charge in [-0.25, -0.2) is 0 Å². The zero-order chi connectivity index (χ0) is 11.1. The van der Waals surface area contributed by atoms with E-state index in [0.29, 0.717) is 12.1 Å². The lowest BCUT2D eigenvalue weighted by Gasteiger charge is -2.39. The maximum absolute atomic E-state index is 9.75. The molecule has 2 fully saturated rings. The number of anilines is 2. The maximum Gasteiger partial charge on any atom is 0.0579 e. The topological polar surface area (TPSA) is 49.5 Å². The van der Waals surface area contributed by atoms with Gasteiger partial charge in [-0.2, -0.15) is 0 Å². The Bertz CT molecular complexity index is 362. The lowest BCUT2D eigenvalue weighted by molar-refractivity contribution is 0.126. The van der Waals surface area contributed by atoms with E-state index >= 15 is 0 Å². The molecule has 2 unspecified atom stereocenters. The van der Waals surface area contributed by atoms with Crippen LogP contribution in [0.15, 0.2) is 24.3 Å². The highest BCUT2D eigenvalue weighted by molar-refractivity contribution is 5.55. The second-order valence-corrected chi connectivity index (χ2v) is 5.01. The highest BCUT2D eigenvalue weighted by Gasteiger charge is 2.39. The third-order valence-electron chi connectivity index (χ3n) is 3.90. The van der Waals surface area contributed by atoms with Crippen molar-refractivity contribution >= 4 is 11.4 Å². The van der Waals surface area contributed by atoms with Crippen molar-refractivity contribution in [3.05, 3.63) is 24.3 Å². The van der Waals surface area contributed by atoms with E-state index in [1.165, 1.54) is 18.5 Å². The standard InChI is InChI=1S/C13H18N2O/c14-9-1-3-10(4-2-9)15-11-5-6-12(15)8-13(16)7-11/h1-4,11-13,16H,5-8,14H2. The van der Waals surface area contributed by atoms with Crippen LogP contribution >= 0.6 is 0 Å². The van der Waals surface area contributed by atoms with Gasteiger partial charge in [0.1, 0.15) is 0 Å². The average Bonchev–Trinajstić information content (AvgIpc) is 2.54. The Morgan fingerprint density at radius 3 is 2.19 bits per heavy atom. The van der Waals surface area contributed by atoms with Gasteiger partial charge in [-0.3, -0.25) is 0 Å². The summed E-state index contributed by atoms with van der Waals surface area (Å²) in [7, 11) is 0. The minimum Gasteiger partial charge on any atom is -0.399 e. The van der Waals surface area contributed by atoms with Gasteiger partial charge >= 0.3 is 0 Å². The fourth-order valence-corrected chi connectivity index (χ4v) is 3.22. The van der Waals surface area contributed by atoms with Crippen LogP contribution in [0.1, 0.15) is 25.7 Å². The normalized spacial score (nSPS) is 33.1. The highest BCUT2D eigenvalue weighted by Crippen LogP contribution is 2.39. The lowest BCUT2D eigenvalue weighted by atomic mass is 9.99. The van der Waals surface area contributed by atoms with Crippen LogP contribution in [0.2, 0.25) is 0 Å². The summed E-state index contributed by atoms with van der Waals surface area (Å²) in [6.45, 7) is 0. The average molecular weight is 218 g/mol. The molecule has 1 aromatic carbocycles. The molecule has 3 rings (SSSR count). The molecular weight excluding hydrogens is 200 g/mol. The van der Waals surface area contributed by atoms with Crippen molar-refractivity contribution in [2.75, 3.05) is 10.6 Å². The third-order valence-corrected chi connectivity index (χ3v) is 3.90. The number of aliphatic hydroxyl groups is 1. The highest BCUT2D eigenvalue weighted by atomic mass is 16.3. The van der Waals surface area contributed by atoms with Gasteiger partial charge in [0, 0.05) is 23.5 Å². The molecule has 0 saturated carbocycles. The van der Waals surface area contributed by atoms with Crippen LogP contribution in [0.4, 0.5) is 11.4 Å². The smallest absolute Gasteiger partial charge is 0.0579 e. The number of nitrogens with zero attached hydrogens (tertiary/aromatic N) is 1. The predicted octanol–water partition coefficient (Wildman–Crippen LogP) is 1.76. The first kappa shape index (κ1) is 9.97. The van der Waals surface area contributed by atoms with E-state index in [4.69, 9.17) is 5.73 Å². The molecule has 3 N–H and O–H groups in total. The van der Waals surface area contributed by atoms with E-state index in [0.717, 1.165) is 18.5 Å². The molecule has 2 aliphatic heterocycles. The molecular formula is C13H18N2O. The van der Waals surface area contributed by atoms with Crippen molar-refractivity contribution in [1.82, 2.24) is 0 Å². The maximum atomic E-state index is 9.75. The molecule has 0 aliphatic carbocycles. The zero-order valence-electron chi connectivity index (χ0n) is 9.34. The summed E-state index contributed by atoms with van der Waals surface area (Å²) in [5.41, 5.74) is 7.78. The Morgan fingerprint density at radius 1 is 1.06 bits per heavy atom. The molecule has 2 saturated heterocycles. The number of benzene rings is 1. The number of rotatable bonds is 1. The van der Waals surface area contributed by atoms with Crippen LogP contribution < -0.4 is 10.6 Å². The summed E-state index contributed by atoms with van der Waals surface area (Å²) in [6.07, 6.45) is 4.17. The molecule has 86 valence electrons. The molecule has 0 aromatic heterocycles. The largest absolute Gasteiger partial charge is 0.399 e. The van der Waals surface area contributed by atoms with Crippen molar-refractivity contribution in [3.8, 4) is 0 Å². The molecule has 0 spiro atoms. The Balaban J connectivity index is 1.88. The number of hydrogen-bond donors (Lipinski definition) is 2. The molecule has 3 heteroatoms. The first-order valence-electron chi connectivity index (χ1n) is 6.06. The number of fused-ring (bicyclic) bond motifs is 2. The van der Waals surface area contributed by atoms with E-state index in [2.05, 4.69) is 17.0 Å². The number of nitrogens with two attached hydrogens (primary N) is 1. The number of hydrogen-bond acceptors (Lipinski definition) is 3. The van der Waals surface area contributed by atoms with Gasteiger partial charge in [0.25, 0.3) is 0 Å². The molecule has 2 aliphatic rings. The van der Waals surface area contributed by atoms with Crippen molar-refractivity contribution in [2.45, 2.75) is 43.9 Å². The van der Waals surface area contributed by atoms with Gasteiger partial charge in [-0.1, -0.05) is 0 Å². The Labute approximate surface area is 95.9 Å². The first-order valence-corrected chi connectivity index (χ1v) is 6.06. The number of piperidine rings is 1. The minimum atomic E-state index is -0.0949. The summed E-state index contributed by atoms with van der Waals surface area (Å²) in [5, 5.41) is 9.75. The summed E-state index contributed by atoms with van der Waals surface area (Å²) in [6, 6.07) is 9.16. The number of aliphatic hydroxyl groups excluding tert-OH is 1. The molecule has 2 bridgehead atoms. The summed E-state index contributed by atoms with van der Waals surface area (Å²) in [4.78, 5) is 2.48. The lowest BCUT2D eigenvalue weighted by Crippen LogP contribution is -2.44. The summed E-state index contributed by atoms with van der Waals surface area (Å²) < 4.78 is 0. The second kappa shape index (κ2) is 3.67. The van der Waals surface area contributed by atoms with Gasteiger partial charge in [0.15, 0.2) is 0 Å². The Kier molecular flexibility index (Phi) is 2.28. The SMILES string of the molecule is Nc1ccc(N2C3CCC2CC(O)C3)cc1. The molecule has 0 amide bonds. The van der Waals surface area contributed by atoms with Gasteiger partial charge < -0.3 is 15.7 Å². The van der Waals surface area contributed by atoms with E-state index in [-0.39, 0.29) is 6.10 Å². The fraction of sp³-hybridized carbons (Fsp3) is 0.538. The molecule has 1 aromatic rings. The van der Waals surface area contributed by atoms with Gasteiger partial charge in [-0.15, -0.1) is 0 Å². The number of nitrogen functional groups attached to an aromatic ring is 1. The molecule has 3 nitrogen and oxygen atoms in total. The molecule has 16 heavy (non-hydrogen) atoms. The van der Waals surface area contributed by atoms with Crippen LogP contribution in [0, 0.1) is 0 Å². The molecule has 2 atom stereocenters. The quantitative estimate of drug-likeness (QED) is 0.706. The van der Waals surface area contributed by atoms with E-state index in [1.54, 1.807) is 0 Å². The van der Waals surface area contributed by atoms with Gasteiger partial charge in [0.2, 0.25) is 0 Å².